The zero-order valence-corrected chi connectivity index (χ0v) is 10.2. The van der Waals surface area contributed by atoms with Crippen LogP contribution in [0.15, 0.2) is 12.1 Å². The Balaban J connectivity index is 2.87. The fourth-order valence-corrected chi connectivity index (χ4v) is 1.38. The molecule has 0 aliphatic heterocycles. The van der Waals surface area contributed by atoms with E-state index in [0.29, 0.717) is 18.2 Å². The lowest BCUT2D eigenvalue weighted by Gasteiger charge is -2.25. The Kier molecular flexibility index (Phi) is 4.37. The molecule has 1 atom stereocenters. The zero-order chi connectivity index (χ0) is 12.1. The van der Waals surface area contributed by atoms with E-state index in [0.717, 1.165) is 5.82 Å². The van der Waals surface area contributed by atoms with Gasteiger partial charge >= 0.3 is 0 Å². The predicted molar refractivity (Wildman–Crippen MR) is 64.9 cm³/mol. The molecule has 0 spiro atoms. The van der Waals surface area contributed by atoms with Crippen molar-refractivity contribution < 1.29 is 9.47 Å². The second kappa shape index (κ2) is 5.55. The average Bonchev–Trinajstić information content (AvgIpc) is 2.29. The van der Waals surface area contributed by atoms with Crippen LogP contribution in [-0.4, -0.2) is 38.9 Å². The summed E-state index contributed by atoms with van der Waals surface area (Å²) in [4.78, 5) is 6.34. The Hall–Kier alpha value is -1.49. The van der Waals surface area contributed by atoms with Crippen LogP contribution in [0.2, 0.25) is 0 Å². The van der Waals surface area contributed by atoms with Crippen molar-refractivity contribution in [2.75, 3.05) is 38.5 Å². The summed E-state index contributed by atoms with van der Waals surface area (Å²) in [5, 5.41) is 0. The molecule has 1 rings (SSSR count). The summed E-state index contributed by atoms with van der Waals surface area (Å²) >= 11 is 0. The molecule has 0 fully saturated rings. The van der Waals surface area contributed by atoms with Gasteiger partial charge < -0.3 is 20.1 Å². The molecule has 0 aliphatic carbocycles. The van der Waals surface area contributed by atoms with Gasteiger partial charge in [-0.05, 0) is 19.1 Å². The average molecular weight is 225 g/mol. The molecule has 0 bridgehead atoms. The molecule has 1 unspecified atom stereocenters. The number of anilines is 2. The largest absolute Gasteiger partial charge is 0.479 e. The number of likely N-dealkylation sites (N-methyl/N-ethyl adjacent to an activating group) is 1. The number of methoxy groups -OCH3 is 2. The van der Waals surface area contributed by atoms with E-state index >= 15 is 0 Å². The van der Waals surface area contributed by atoms with Crippen LogP contribution in [0.25, 0.3) is 0 Å². The minimum absolute atomic E-state index is 0.242. The Bertz CT molecular complexity index is 344. The highest BCUT2D eigenvalue weighted by Gasteiger charge is 2.12. The molecule has 0 saturated carbocycles. The van der Waals surface area contributed by atoms with Gasteiger partial charge in [-0.3, -0.25) is 0 Å². The minimum atomic E-state index is 0.242. The summed E-state index contributed by atoms with van der Waals surface area (Å²) in [6.45, 7) is 2.71. The zero-order valence-electron chi connectivity index (χ0n) is 10.2. The second-order valence-corrected chi connectivity index (χ2v) is 3.68. The van der Waals surface area contributed by atoms with Crippen molar-refractivity contribution in [1.29, 1.82) is 0 Å². The molecule has 5 heteroatoms. The molecule has 0 aromatic carbocycles. The fourth-order valence-electron chi connectivity index (χ4n) is 1.38. The van der Waals surface area contributed by atoms with Gasteiger partial charge in [-0.15, -0.1) is 0 Å². The number of nitrogens with two attached hydrogens (primary N) is 1. The molecule has 0 amide bonds. The Morgan fingerprint density at radius 2 is 2.12 bits per heavy atom. The molecular formula is C11H19N3O2. The standard InChI is InChI=1S/C11H19N3O2/c1-8(7-15-3)14(2)10-6-5-9(12)11(13-10)16-4/h5-6,8H,7,12H2,1-4H3. The number of nitrogens with zero attached hydrogens (tertiary/aromatic N) is 2. The van der Waals surface area contributed by atoms with Crippen LogP contribution in [0, 0.1) is 0 Å². The molecule has 0 radical (unpaired) electrons. The van der Waals surface area contributed by atoms with Gasteiger partial charge in [0.1, 0.15) is 5.82 Å². The number of hydrogen-bond acceptors (Lipinski definition) is 5. The van der Waals surface area contributed by atoms with E-state index in [-0.39, 0.29) is 6.04 Å². The summed E-state index contributed by atoms with van der Waals surface area (Å²) in [5.41, 5.74) is 6.24. The highest BCUT2D eigenvalue weighted by atomic mass is 16.5. The first-order chi connectivity index (χ1) is 7.60. The van der Waals surface area contributed by atoms with Crippen molar-refractivity contribution in [2.45, 2.75) is 13.0 Å². The number of pyridine rings is 1. The lowest BCUT2D eigenvalue weighted by atomic mass is 10.3. The first kappa shape index (κ1) is 12.6. The normalized spacial score (nSPS) is 12.2. The van der Waals surface area contributed by atoms with Gasteiger partial charge in [0, 0.05) is 14.2 Å². The van der Waals surface area contributed by atoms with E-state index in [4.69, 9.17) is 15.2 Å². The summed E-state index contributed by atoms with van der Waals surface area (Å²) in [6, 6.07) is 3.90. The molecule has 1 heterocycles. The molecule has 1 aromatic heterocycles. The van der Waals surface area contributed by atoms with Gasteiger partial charge in [0.2, 0.25) is 5.88 Å². The topological polar surface area (TPSA) is 60.6 Å². The van der Waals surface area contributed by atoms with E-state index < -0.39 is 0 Å². The summed E-state index contributed by atoms with van der Waals surface area (Å²) in [6.07, 6.45) is 0. The SMILES string of the molecule is COCC(C)N(C)c1ccc(N)c(OC)n1. The lowest BCUT2D eigenvalue weighted by Crippen LogP contribution is -2.33. The predicted octanol–water partition coefficient (Wildman–Crippen LogP) is 1.14. The maximum atomic E-state index is 5.70. The van der Waals surface area contributed by atoms with E-state index in [1.807, 2.05) is 18.0 Å². The summed E-state index contributed by atoms with van der Waals surface area (Å²) in [5.74, 6) is 1.27. The number of ether oxygens (including phenoxy) is 2. The van der Waals surface area contributed by atoms with Gasteiger partial charge in [0.05, 0.1) is 25.4 Å². The molecule has 0 aliphatic rings. The number of hydrogen-bond donors (Lipinski definition) is 1. The fraction of sp³-hybridized carbons (Fsp3) is 0.545. The number of nitrogen functional groups attached to an aromatic ring is 1. The van der Waals surface area contributed by atoms with Crippen molar-refractivity contribution in [2.24, 2.45) is 0 Å². The third kappa shape index (κ3) is 2.76. The van der Waals surface area contributed by atoms with E-state index in [1.165, 1.54) is 0 Å². The summed E-state index contributed by atoms with van der Waals surface area (Å²) < 4.78 is 10.2. The Morgan fingerprint density at radius 3 is 2.69 bits per heavy atom. The molecule has 16 heavy (non-hydrogen) atoms. The highest BCUT2D eigenvalue weighted by molar-refractivity contribution is 5.54. The molecule has 2 N–H and O–H groups in total. The van der Waals surface area contributed by atoms with Crippen LogP contribution in [0.5, 0.6) is 5.88 Å². The van der Waals surface area contributed by atoms with Crippen molar-refractivity contribution in [1.82, 2.24) is 4.98 Å². The Labute approximate surface area is 96.2 Å². The van der Waals surface area contributed by atoms with Crippen LogP contribution in [0.1, 0.15) is 6.92 Å². The van der Waals surface area contributed by atoms with Crippen molar-refractivity contribution in [3.05, 3.63) is 12.1 Å². The highest BCUT2D eigenvalue weighted by Crippen LogP contribution is 2.22. The maximum absolute atomic E-state index is 5.70. The van der Waals surface area contributed by atoms with E-state index in [1.54, 1.807) is 20.3 Å². The molecule has 0 saturated heterocycles. The third-order valence-electron chi connectivity index (χ3n) is 2.50. The third-order valence-corrected chi connectivity index (χ3v) is 2.50. The first-order valence-corrected chi connectivity index (χ1v) is 5.12. The molecule has 90 valence electrons. The van der Waals surface area contributed by atoms with Crippen LogP contribution >= 0.6 is 0 Å². The van der Waals surface area contributed by atoms with Crippen LogP contribution in [0.3, 0.4) is 0 Å². The van der Waals surface area contributed by atoms with Crippen LogP contribution in [-0.2, 0) is 4.74 Å². The van der Waals surface area contributed by atoms with Crippen molar-refractivity contribution in [3.8, 4) is 5.88 Å². The monoisotopic (exact) mass is 225 g/mol. The minimum Gasteiger partial charge on any atom is -0.479 e. The smallest absolute Gasteiger partial charge is 0.238 e. The van der Waals surface area contributed by atoms with E-state index in [2.05, 4.69) is 11.9 Å². The van der Waals surface area contributed by atoms with Gasteiger partial charge in [0.25, 0.3) is 0 Å². The van der Waals surface area contributed by atoms with Gasteiger partial charge in [0.15, 0.2) is 0 Å². The first-order valence-electron chi connectivity index (χ1n) is 5.12. The summed E-state index contributed by atoms with van der Waals surface area (Å²) in [7, 11) is 5.20. The van der Waals surface area contributed by atoms with E-state index in [9.17, 15) is 0 Å². The number of aromatic nitrogens is 1. The Morgan fingerprint density at radius 1 is 1.44 bits per heavy atom. The molecule has 5 nitrogen and oxygen atoms in total. The van der Waals surface area contributed by atoms with Gasteiger partial charge in [-0.2, -0.15) is 4.98 Å². The second-order valence-electron chi connectivity index (χ2n) is 3.68. The molecular weight excluding hydrogens is 206 g/mol. The molecule has 1 aromatic rings. The quantitative estimate of drug-likeness (QED) is 0.814. The lowest BCUT2D eigenvalue weighted by molar-refractivity contribution is 0.183. The van der Waals surface area contributed by atoms with Crippen molar-refractivity contribution in [3.63, 3.8) is 0 Å². The van der Waals surface area contributed by atoms with Crippen LogP contribution < -0.4 is 15.4 Å². The van der Waals surface area contributed by atoms with Gasteiger partial charge in [-0.1, -0.05) is 0 Å². The van der Waals surface area contributed by atoms with Gasteiger partial charge in [-0.25, -0.2) is 0 Å². The maximum Gasteiger partial charge on any atom is 0.238 e. The van der Waals surface area contributed by atoms with Crippen molar-refractivity contribution >= 4 is 11.5 Å². The number of rotatable bonds is 5. The van der Waals surface area contributed by atoms with Crippen LogP contribution in [0.4, 0.5) is 11.5 Å².